The van der Waals surface area contributed by atoms with Gasteiger partial charge in [-0.2, -0.15) is 0 Å². The van der Waals surface area contributed by atoms with Gasteiger partial charge in [-0.1, -0.05) is 133 Å². The summed E-state index contributed by atoms with van der Waals surface area (Å²) >= 11 is 0. The van der Waals surface area contributed by atoms with Crippen LogP contribution in [0.2, 0.25) is 0 Å². The molecule has 3 N–H and O–H groups in total. The second-order valence-electron chi connectivity index (χ2n) is 10.2. The van der Waals surface area contributed by atoms with E-state index in [-0.39, 0.29) is 0 Å². The highest BCUT2D eigenvalue weighted by Gasteiger charge is 2.46. The number of nitrogens with zero attached hydrogens (tertiary/aromatic N) is 1. The Morgan fingerprint density at radius 2 is 1.17 bits per heavy atom. The average molecular weight is 532 g/mol. The largest absolute Gasteiger partial charge is 0.456 e. The summed E-state index contributed by atoms with van der Waals surface area (Å²) in [6, 6.07) is 51.9. The standard InChI is InChI=1S/C37H29N3O/c38-36(40-34-25-13-23-32(39-34)26-14-4-1-5-15-26)29-20-12-22-31-35(29)41-33-24-11-10-21-30(33)37(31,27-16-6-2-7-17-27)28-18-8-3-9-19-28/h1-25,36H,38H2,(H,39,40). The number of aromatic nitrogens is 1. The lowest BCUT2D eigenvalue weighted by molar-refractivity contribution is 0.426. The second kappa shape index (κ2) is 10.4. The highest BCUT2D eigenvalue weighted by molar-refractivity contribution is 5.71. The molecule has 4 nitrogen and oxygen atoms in total. The third-order valence-corrected chi connectivity index (χ3v) is 7.82. The van der Waals surface area contributed by atoms with Crippen LogP contribution in [0.4, 0.5) is 5.82 Å². The maximum atomic E-state index is 6.89. The van der Waals surface area contributed by atoms with Gasteiger partial charge in [-0.25, -0.2) is 4.98 Å². The van der Waals surface area contributed by atoms with Crippen molar-refractivity contribution < 1.29 is 4.74 Å². The molecule has 1 atom stereocenters. The Morgan fingerprint density at radius 1 is 0.585 bits per heavy atom. The van der Waals surface area contributed by atoms with Gasteiger partial charge in [-0.3, -0.25) is 0 Å². The van der Waals surface area contributed by atoms with Gasteiger partial charge in [-0.15, -0.1) is 0 Å². The summed E-state index contributed by atoms with van der Waals surface area (Å²) in [6.45, 7) is 0. The number of benzene rings is 5. The third-order valence-electron chi connectivity index (χ3n) is 7.82. The maximum Gasteiger partial charge on any atom is 0.138 e. The minimum Gasteiger partial charge on any atom is -0.456 e. The SMILES string of the molecule is NC(Nc1cccc(-c2ccccc2)n1)c1cccc2c1Oc1ccccc1C2(c1ccccc1)c1ccccc1. The van der Waals surface area contributed by atoms with Crippen LogP contribution in [0, 0.1) is 0 Å². The summed E-state index contributed by atoms with van der Waals surface area (Å²) in [4.78, 5) is 4.85. The molecule has 0 spiro atoms. The first-order chi connectivity index (χ1) is 20.2. The number of fused-ring (bicyclic) bond motifs is 2. The van der Waals surface area contributed by atoms with Crippen molar-refractivity contribution in [3.05, 3.63) is 179 Å². The first-order valence-electron chi connectivity index (χ1n) is 13.8. The maximum absolute atomic E-state index is 6.89. The van der Waals surface area contributed by atoms with Crippen molar-refractivity contribution in [2.75, 3.05) is 5.32 Å². The third kappa shape index (κ3) is 4.26. The van der Waals surface area contributed by atoms with Crippen LogP contribution in [0.1, 0.15) is 34.0 Å². The first-order valence-corrected chi connectivity index (χ1v) is 13.8. The minimum absolute atomic E-state index is 0.557. The minimum atomic E-state index is -0.589. The number of hydrogen-bond donors (Lipinski definition) is 2. The van der Waals surface area contributed by atoms with Gasteiger partial charge in [0.15, 0.2) is 0 Å². The van der Waals surface area contributed by atoms with Gasteiger partial charge in [-0.05, 0) is 29.3 Å². The molecule has 0 bridgehead atoms. The predicted octanol–water partition coefficient (Wildman–Crippen LogP) is 8.31. The second-order valence-corrected chi connectivity index (χ2v) is 10.2. The van der Waals surface area contributed by atoms with Gasteiger partial charge in [0.2, 0.25) is 0 Å². The smallest absolute Gasteiger partial charge is 0.138 e. The molecule has 1 aliphatic heterocycles. The van der Waals surface area contributed by atoms with Crippen LogP contribution < -0.4 is 15.8 Å². The molecule has 0 saturated carbocycles. The average Bonchev–Trinajstić information content (AvgIpc) is 3.05. The molecule has 0 fully saturated rings. The normalized spacial score (nSPS) is 13.8. The van der Waals surface area contributed by atoms with Crippen molar-refractivity contribution in [2.45, 2.75) is 11.6 Å². The zero-order chi connectivity index (χ0) is 27.6. The van der Waals surface area contributed by atoms with Gasteiger partial charge in [0, 0.05) is 22.3 Å². The molecule has 1 unspecified atom stereocenters. The quantitative estimate of drug-likeness (QED) is 0.212. The Labute approximate surface area is 240 Å². The zero-order valence-corrected chi connectivity index (χ0v) is 22.4. The van der Waals surface area contributed by atoms with E-state index in [1.54, 1.807) is 0 Å². The Kier molecular flexibility index (Phi) is 6.31. The van der Waals surface area contributed by atoms with E-state index in [1.807, 2.05) is 54.6 Å². The van der Waals surface area contributed by atoms with Gasteiger partial charge in [0.25, 0.3) is 0 Å². The monoisotopic (exact) mass is 531 g/mol. The van der Waals surface area contributed by atoms with Crippen LogP contribution in [-0.4, -0.2) is 4.98 Å². The number of nitrogens with one attached hydrogen (secondary N) is 1. The Hall–Kier alpha value is -5.19. The predicted molar refractivity (Wildman–Crippen MR) is 165 cm³/mol. The Balaban J connectivity index is 1.38. The van der Waals surface area contributed by atoms with Crippen LogP contribution in [0.3, 0.4) is 0 Å². The first kappa shape index (κ1) is 24.8. The molecule has 6 aromatic rings. The van der Waals surface area contributed by atoms with Crippen molar-refractivity contribution in [1.29, 1.82) is 0 Å². The van der Waals surface area contributed by atoms with Crippen LogP contribution >= 0.6 is 0 Å². The number of nitrogens with two attached hydrogens (primary N) is 1. The number of para-hydroxylation sites is 2. The van der Waals surface area contributed by atoms with Crippen molar-refractivity contribution in [3.8, 4) is 22.8 Å². The van der Waals surface area contributed by atoms with Crippen LogP contribution in [0.5, 0.6) is 11.5 Å². The molecule has 4 heteroatoms. The van der Waals surface area contributed by atoms with E-state index in [0.29, 0.717) is 5.82 Å². The fraction of sp³-hybridized carbons (Fsp3) is 0.0541. The molecule has 1 aliphatic rings. The molecule has 1 aromatic heterocycles. The summed E-state index contributed by atoms with van der Waals surface area (Å²) < 4.78 is 6.72. The van der Waals surface area contributed by atoms with E-state index in [9.17, 15) is 0 Å². The summed E-state index contributed by atoms with van der Waals surface area (Å²) in [5.41, 5.74) is 13.6. The van der Waals surface area contributed by atoms with Gasteiger partial charge in [0.1, 0.15) is 23.5 Å². The molecule has 198 valence electrons. The molecule has 5 aromatic carbocycles. The highest BCUT2D eigenvalue weighted by Crippen LogP contribution is 2.56. The number of anilines is 1. The van der Waals surface area contributed by atoms with Crippen molar-refractivity contribution >= 4 is 5.82 Å². The lowest BCUT2D eigenvalue weighted by Crippen LogP contribution is -2.35. The molecule has 0 radical (unpaired) electrons. The van der Waals surface area contributed by atoms with Crippen LogP contribution in [-0.2, 0) is 5.41 Å². The molecule has 41 heavy (non-hydrogen) atoms. The number of hydrogen-bond acceptors (Lipinski definition) is 4. The molecule has 7 rings (SSSR count). The van der Waals surface area contributed by atoms with Crippen molar-refractivity contribution in [1.82, 2.24) is 4.98 Å². The summed E-state index contributed by atoms with van der Waals surface area (Å²) in [5.74, 6) is 2.28. The van der Waals surface area contributed by atoms with Gasteiger partial charge >= 0.3 is 0 Å². The van der Waals surface area contributed by atoms with Crippen molar-refractivity contribution in [2.24, 2.45) is 5.73 Å². The van der Waals surface area contributed by atoms with Crippen LogP contribution in [0.15, 0.2) is 152 Å². The molecule has 0 aliphatic carbocycles. The van der Waals surface area contributed by atoms with Crippen molar-refractivity contribution in [3.63, 3.8) is 0 Å². The van der Waals surface area contributed by atoms with E-state index >= 15 is 0 Å². The number of pyridine rings is 1. The summed E-state index contributed by atoms with van der Waals surface area (Å²) in [6.07, 6.45) is -0.557. The topological polar surface area (TPSA) is 60.2 Å². The lowest BCUT2D eigenvalue weighted by Gasteiger charge is -2.42. The van der Waals surface area contributed by atoms with E-state index in [4.69, 9.17) is 15.5 Å². The molecular weight excluding hydrogens is 502 g/mol. The lowest BCUT2D eigenvalue weighted by atomic mass is 9.63. The Morgan fingerprint density at radius 3 is 1.88 bits per heavy atom. The highest BCUT2D eigenvalue weighted by atomic mass is 16.5. The fourth-order valence-electron chi connectivity index (χ4n) is 6.02. The summed E-state index contributed by atoms with van der Waals surface area (Å²) in [5, 5.41) is 3.44. The van der Waals surface area contributed by atoms with Crippen LogP contribution in [0.25, 0.3) is 11.3 Å². The fourth-order valence-corrected chi connectivity index (χ4v) is 6.02. The molecular formula is C37H29N3O. The summed E-state index contributed by atoms with van der Waals surface area (Å²) in [7, 11) is 0. The van der Waals surface area contributed by atoms with E-state index < -0.39 is 11.6 Å². The van der Waals surface area contributed by atoms with E-state index in [0.717, 1.165) is 39.4 Å². The number of rotatable bonds is 6. The molecule has 2 heterocycles. The Bertz CT molecular complexity index is 1760. The molecule has 0 amide bonds. The zero-order valence-electron chi connectivity index (χ0n) is 22.4. The molecule has 0 saturated heterocycles. The van der Waals surface area contributed by atoms with E-state index in [1.165, 1.54) is 11.1 Å². The van der Waals surface area contributed by atoms with Gasteiger partial charge in [0.05, 0.1) is 11.1 Å². The number of ether oxygens (including phenoxy) is 1. The van der Waals surface area contributed by atoms with Gasteiger partial charge < -0.3 is 15.8 Å². The van der Waals surface area contributed by atoms with E-state index in [2.05, 4.69) is 102 Å².